The molecule has 0 atom stereocenters. The fourth-order valence-electron chi connectivity index (χ4n) is 3.02. The van der Waals surface area contributed by atoms with E-state index in [9.17, 15) is 4.79 Å². The molecule has 0 unspecified atom stereocenters. The predicted octanol–water partition coefficient (Wildman–Crippen LogP) is 5.18. The lowest BCUT2D eigenvalue weighted by atomic mass is 9.97. The third kappa shape index (κ3) is 4.49. The molecule has 104 valence electrons. The lowest BCUT2D eigenvalue weighted by molar-refractivity contribution is 0.0974. The summed E-state index contributed by atoms with van der Waals surface area (Å²) in [6.07, 6.45) is 10.8. The van der Waals surface area contributed by atoms with Crippen molar-refractivity contribution >= 4 is 5.78 Å². The second-order valence-electron chi connectivity index (χ2n) is 5.91. The molecule has 1 aliphatic rings. The highest BCUT2D eigenvalue weighted by atomic mass is 16.1. The van der Waals surface area contributed by atoms with E-state index in [2.05, 4.69) is 19.1 Å². The smallest absolute Gasteiger partial charge is 0.162 e. The molecule has 1 aromatic rings. The zero-order valence-electron chi connectivity index (χ0n) is 12.2. The van der Waals surface area contributed by atoms with Gasteiger partial charge in [-0.1, -0.05) is 63.3 Å². The molecule has 2 rings (SSSR count). The highest BCUT2D eigenvalue weighted by Crippen LogP contribution is 2.29. The van der Waals surface area contributed by atoms with Crippen molar-refractivity contribution in [1.82, 2.24) is 0 Å². The minimum absolute atomic E-state index is 0.328. The van der Waals surface area contributed by atoms with Crippen molar-refractivity contribution in [3.63, 3.8) is 0 Å². The van der Waals surface area contributed by atoms with Crippen LogP contribution in [-0.4, -0.2) is 5.78 Å². The number of hydrogen-bond donors (Lipinski definition) is 0. The van der Waals surface area contributed by atoms with Crippen LogP contribution in [0.4, 0.5) is 0 Å². The van der Waals surface area contributed by atoms with Gasteiger partial charge in [0.15, 0.2) is 5.78 Å². The molecule has 0 aliphatic heterocycles. The molecular weight excluding hydrogens is 232 g/mol. The first kappa shape index (κ1) is 14.3. The van der Waals surface area contributed by atoms with E-state index in [0.29, 0.717) is 5.78 Å². The first-order chi connectivity index (χ1) is 9.29. The molecule has 1 heteroatoms. The van der Waals surface area contributed by atoms with Gasteiger partial charge in [0.05, 0.1) is 0 Å². The lowest BCUT2D eigenvalue weighted by Gasteiger charge is -2.08. The number of carbonyl (C=O) groups excluding carboxylic acids is 1. The third-order valence-electron chi connectivity index (χ3n) is 4.35. The number of benzene rings is 1. The van der Waals surface area contributed by atoms with Gasteiger partial charge in [0.1, 0.15) is 0 Å². The summed E-state index contributed by atoms with van der Waals surface area (Å²) in [5, 5.41) is 0. The van der Waals surface area contributed by atoms with Crippen molar-refractivity contribution in [2.75, 3.05) is 0 Å². The molecule has 0 heterocycles. The minimum atomic E-state index is 0.328. The monoisotopic (exact) mass is 258 g/mol. The molecule has 1 aromatic carbocycles. The van der Waals surface area contributed by atoms with Crippen molar-refractivity contribution in [3.8, 4) is 0 Å². The topological polar surface area (TPSA) is 17.1 Å². The number of unbranched alkanes of at least 4 members (excludes halogenated alkanes) is 1. The number of ketones is 1. The molecular formula is C18H26O. The van der Waals surface area contributed by atoms with E-state index in [1.54, 1.807) is 0 Å². The van der Waals surface area contributed by atoms with Gasteiger partial charge in [0, 0.05) is 12.0 Å². The van der Waals surface area contributed by atoms with Crippen molar-refractivity contribution in [3.05, 3.63) is 35.4 Å². The van der Waals surface area contributed by atoms with Crippen LogP contribution in [-0.2, 0) is 6.42 Å². The number of Topliss-reactive ketones (excluding diaryl/α,β-unsaturated/α-hetero) is 1. The summed E-state index contributed by atoms with van der Waals surface area (Å²) in [7, 11) is 0. The highest BCUT2D eigenvalue weighted by Gasteiger charge is 2.16. The third-order valence-corrected chi connectivity index (χ3v) is 4.35. The van der Waals surface area contributed by atoms with E-state index in [1.165, 1.54) is 44.1 Å². The average Bonchev–Trinajstić information content (AvgIpc) is 2.96. The minimum Gasteiger partial charge on any atom is -0.294 e. The molecule has 0 bridgehead atoms. The van der Waals surface area contributed by atoms with E-state index >= 15 is 0 Å². The molecule has 1 fully saturated rings. The van der Waals surface area contributed by atoms with Gasteiger partial charge in [-0.15, -0.1) is 0 Å². The molecule has 0 N–H and O–H groups in total. The molecule has 1 saturated carbocycles. The van der Waals surface area contributed by atoms with E-state index in [0.717, 1.165) is 30.7 Å². The molecule has 19 heavy (non-hydrogen) atoms. The highest BCUT2D eigenvalue weighted by molar-refractivity contribution is 5.96. The Hall–Kier alpha value is -1.11. The van der Waals surface area contributed by atoms with Crippen LogP contribution in [0.5, 0.6) is 0 Å². The second-order valence-corrected chi connectivity index (χ2v) is 5.91. The SMILES string of the molecule is CCCCc1ccc(C(=O)CCC2CCCC2)cc1. The van der Waals surface area contributed by atoms with E-state index < -0.39 is 0 Å². The van der Waals surface area contributed by atoms with Crippen LogP contribution in [0.2, 0.25) is 0 Å². The molecule has 0 aromatic heterocycles. The Kier molecular flexibility index (Phi) is 5.62. The summed E-state index contributed by atoms with van der Waals surface area (Å²) in [4.78, 5) is 12.1. The number of carbonyl (C=O) groups is 1. The Morgan fingerprint density at radius 1 is 1.16 bits per heavy atom. The van der Waals surface area contributed by atoms with E-state index in [1.807, 2.05) is 12.1 Å². The van der Waals surface area contributed by atoms with Gasteiger partial charge in [-0.3, -0.25) is 4.79 Å². The molecule has 1 nitrogen and oxygen atoms in total. The predicted molar refractivity (Wildman–Crippen MR) is 80.6 cm³/mol. The standard InChI is InChI=1S/C18H26O/c1-2-3-6-16-9-12-17(13-10-16)18(19)14-11-15-7-4-5-8-15/h9-10,12-13,15H,2-8,11,14H2,1H3. The van der Waals surface area contributed by atoms with Crippen molar-refractivity contribution in [2.45, 2.75) is 64.7 Å². The van der Waals surface area contributed by atoms with Gasteiger partial charge in [-0.25, -0.2) is 0 Å². The lowest BCUT2D eigenvalue weighted by Crippen LogP contribution is -2.03. The zero-order chi connectivity index (χ0) is 13.5. The normalized spacial score (nSPS) is 15.8. The largest absolute Gasteiger partial charge is 0.294 e. The van der Waals surface area contributed by atoms with Gasteiger partial charge < -0.3 is 0 Å². The van der Waals surface area contributed by atoms with Crippen LogP contribution in [0.3, 0.4) is 0 Å². The Balaban J connectivity index is 1.81. The summed E-state index contributed by atoms with van der Waals surface area (Å²) in [6, 6.07) is 8.28. The average molecular weight is 258 g/mol. The maximum atomic E-state index is 12.1. The van der Waals surface area contributed by atoms with Crippen LogP contribution in [0.1, 0.15) is 74.2 Å². The Morgan fingerprint density at radius 3 is 2.47 bits per heavy atom. The molecule has 0 spiro atoms. The van der Waals surface area contributed by atoms with Crippen molar-refractivity contribution < 1.29 is 4.79 Å². The molecule has 0 amide bonds. The molecule has 0 radical (unpaired) electrons. The van der Waals surface area contributed by atoms with Crippen LogP contribution < -0.4 is 0 Å². The summed E-state index contributed by atoms with van der Waals surface area (Å²) in [6.45, 7) is 2.21. The zero-order valence-corrected chi connectivity index (χ0v) is 12.2. The first-order valence-corrected chi connectivity index (χ1v) is 7.91. The van der Waals surface area contributed by atoms with Crippen LogP contribution >= 0.6 is 0 Å². The Bertz CT molecular complexity index is 385. The van der Waals surface area contributed by atoms with Gasteiger partial charge in [0.2, 0.25) is 0 Å². The number of hydrogen-bond acceptors (Lipinski definition) is 1. The van der Waals surface area contributed by atoms with Gasteiger partial charge in [0.25, 0.3) is 0 Å². The maximum absolute atomic E-state index is 12.1. The molecule has 1 aliphatic carbocycles. The summed E-state index contributed by atoms with van der Waals surface area (Å²) in [5.41, 5.74) is 2.26. The summed E-state index contributed by atoms with van der Waals surface area (Å²) in [5.74, 6) is 1.14. The number of aryl methyl sites for hydroxylation is 1. The van der Waals surface area contributed by atoms with Crippen LogP contribution in [0.25, 0.3) is 0 Å². The summed E-state index contributed by atoms with van der Waals surface area (Å²) >= 11 is 0. The van der Waals surface area contributed by atoms with Crippen molar-refractivity contribution in [2.24, 2.45) is 5.92 Å². The number of rotatable bonds is 7. The fourth-order valence-corrected chi connectivity index (χ4v) is 3.02. The van der Waals surface area contributed by atoms with Crippen molar-refractivity contribution in [1.29, 1.82) is 0 Å². The van der Waals surface area contributed by atoms with E-state index in [4.69, 9.17) is 0 Å². The second kappa shape index (κ2) is 7.47. The fraction of sp³-hybridized carbons (Fsp3) is 0.611. The molecule has 0 saturated heterocycles. The van der Waals surface area contributed by atoms with Gasteiger partial charge in [-0.05, 0) is 30.7 Å². The quantitative estimate of drug-likeness (QED) is 0.616. The van der Waals surface area contributed by atoms with Crippen LogP contribution in [0, 0.1) is 5.92 Å². The first-order valence-electron chi connectivity index (χ1n) is 7.91. The van der Waals surface area contributed by atoms with Gasteiger partial charge in [-0.2, -0.15) is 0 Å². The maximum Gasteiger partial charge on any atom is 0.162 e. The van der Waals surface area contributed by atoms with Gasteiger partial charge >= 0.3 is 0 Å². The van der Waals surface area contributed by atoms with E-state index in [-0.39, 0.29) is 0 Å². The summed E-state index contributed by atoms with van der Waals surface area (Å²) < 4.78 is 0. The van der Waals surface area contributed by atoms with Crippen LogP contribution in [0.15, 0.2) is 24.3 Å². The Morgan fingerprint density at radius 2 is 1.84 bits per heavy atom. The Labute approximate surface area is 117 Å².